The lowest BCUT2D eigenvalue weighted by atomic mass is 9.77. The molecule has 4 rings (SSSR count). The van der Waals surface area contributed by atoms with E-state index in [1.165, 1.54) is 5.56 Å². The van der Waals surface area contributed by atoms with Gasteiger partial charge in [-0.25, -0.2) is 0 Å². The predicted octanol–water partition coefficient (Wildman–Crippen LogP) is 6.22. The van der Waals surface area contributed by atoms with Crippen LogP contribution in [0.25, 0.3) is 0 Å². The summed E-state index contributed by atoms with van der Waals surface area (Å²) in [7, 11) is 0. The molecule has 1 N–H and O–H groups in total. The van der Waals surface area contributed by atoms with Crippen LogP contribution >= 0.6 is 23.2 Å². The molecule has 3 atom stereocenters. The fourth-order valence-corrected chi connectivity index (χ4v) is 4.46. The molecule has 0 radical (unpaired) electrons. The van der Waals surface area contributed by atoms with E-state index in [-0.39, 0.29) is 6.04 Å². The van der Waals surface area contributed by atoms with Crippen LogP contribution < -0.4 is 10.1 Å². The first kappa shape index (κ1) is 15.9. The first-order valence-electron chi connectivity index (χ1n) is 8.33. The van der Waals surface area contributed by atoms with Gasteiger partial charge in [-0.05, 0) is 48.6 Å². The average molecular weight is 360 g/mol. The number of nitrogens with one attached hydrogen (secondary N) is 1. The van der Waals surface area contributed by atoms with Gasteiger partial charge in [0.05, 0.1) is 18.3 Å². The molecular formula is C20H19Cl2NO. The first-order valence-corrected chi connectivity index (χ1v) is 9.08. The highest BCUT2D eigenvalue weighted by atomic mass is 35.5. The SMILES string of the molecule is CCOc1cccc2c1N[C@H](c1ccc(Cl)cc1Cl)[C@H]1CC=C[C@H]21. The van der Waals surface area contributed by atoms with Crippen molar-refractivity contribution in [3.63, 3.8) is 0 Å². The third kappa shape index (κ3) is 2.58. The number of ether oxygens (including phenoxy) is 1. The Hall–Kier alpha value is -1.64. The molecule has 2 aromatic rings. The molecule has 0 spiro atoms. The number of benzene rings is 2. The molecule has 0 bridgehead atoms. The molecule has 0 amide bonds. The number of halogens is 2. The molecule has 4 heteroatoms. The van der Waals surface area contributed by atoms with E-state index in [4.69, 9.17) is 27.9 Å². The number of rotatable bonds is 3. The van der Waals surface area contributed by atoms with E-state index >= 15 is 0 Å². The number of hydrogen-bond acceptors (Lipinski definition) is 2. The van der Waals surface area contributed by atoms with Crippen LogP contribution in [-0.2, 0) is 0 Å². The molecule has 0 aromatic heterocycles. The second kappa shape index (κ2) is 6.34. The fraction of sp³-hybridized carbons (Fsp3) is 0.300. The summed E-state index contributed by atoms with van der Waals surface area (Å²) in [6.45, 7) is 2.66. The minimum Gasteiger partial charge on any atom is -0.492 e. The topological polar surface area (TPSA) is 21.3 Å². The lowest BCUT2D eigenvalue weighted by Crippen LogP contribution is -2.29. The summed E-state index contributed by atoms with van der Waals surface area (Å²) in [5, 5.41) is 5.08. The van der Waals surface area contributed by atoms with Crippen molar-refractivity contribution in [3.8, 4) is 5.75 Å². The highest BCUT2D eigenvalue weighted by Gasteiger charge is 2.39. The Kier molecular flexibility index (Phi) is 4.19. The smallest absolute Gasteiger partial charge is 0.142 e. The van der Waals surface area contributed by atoms with E-state index in [1.807, 2.05) is 31.2 Å². The summed E-state index contributed by atoms with van der Waals surface area (Å²) in [6.07, 6.45) is 5.63. The zero-order valence-electron chi connectivity index (χ0n) is 13.4. The van der Waals surface area contributed by atoms with Crippen molar-refractivity contribution in [3.05, 3.63) is 69.7 Å². The number of anilines is 1. The van der Waals surface area contributed by atoms with Crippen molar-refractivity contribution in [2.75, 3.05) is 11.9 Å². The zero-order valence-corrected chi connectivity index (χ0v) is 14.9. The largest absolute Gasteiger partial charge is 0.492 e. The summed E-state index contributed by atoms with van der Waals surface area (Å²) in [5.74, 6) is 1.75. The van der Waals surface area contributed by atoms with Crippen molar-refractivity contribution in [1.82, 2.24) is 0 Å². The van der Waals surface area contributed by atoms with Crippen LogP contribution in [-0.4, -0.2) is 6.61 Å². The van der Waals surface area contributed by atoms with Gasteiger partial charge in [0.25, 0.3) is 0 Å². The molecule has 1 aliphatic carbocycles. The summed E-state index contributed by atoms with van der Waals surface area (Å²) >= 11 is 12.6. The van der Waals surface area contributed by atoms with Crippen LogP contribution in [0, 0.1) is 5.92 Å². The van der Waals surface area contributed by atoms with Crippen molar-refractivity contribution >= 4 is 28.9 Å². The molecule has 1 aliphatic heterocycles. The monoisotopic (exact) mass is 359 g/mol. The molecule has 24 heavy (non-hydrogen) atoms. The van der Waals surface area contributed by atoms with E-state index in [0.29, 0.717) is 28.5 Å². The molecule has 1 heterocycles. The van der Waals surface area contributed by atoms with E-state index in [0.717, 1.165) is 23.4 Å². The van der Waals surface area contributed by atoms with Gasteiger partial charge >= 0.3 is 0 Å². The van der Waals surface area contributed by atoms with Crippen LogP contribution in [0.1, 0.15) is 36.4 Å². The Labute approximate surface area is 152 Å². The maximum Gasteiger partial charge on any atom is 0.142 e. The molecule has 0 fully saturated rings. The zero-order chi connectivity index (χ0) is 16.7. The highest BCUT2D eigenvalue weighted by molar-refractivity contribution is 6.35. The predicted molar refractivity (Wildman–Crippen MR) is 100 cm³/mol. The lowest BCUT2D eigenvalue weighted by Gasteiger charge is -2.38. The van der Waals surface area contributed by atoms with Gasteiger partial charge < -0.3 is 10.1 Å². The van der Waals surface area contributed by atoms with Gasteiger partial charge in [-0.2, -0.15) is 0 Å². The molecule has 0 saturated heterocycles. The van der Waals surface area contributed by atoms with Crippen molar-refractivity contribution < 1.29 is 4.74 Å². The molecular weight excluding hydrogens is 341 g/mol. The van der Waals surface area contributed by atoms with Gasteiger partial charge in [-0.3, -0.25) is 0 Å². The lowest BCUT2D eigenvalue weighted by molar-refractivity contribution is 0.337. The molecule has 2 aromatic carbocycles. The van der Waals surface area contributed by atoms with Gasteiger partial charge in [0.1, 0.15) is 5.75 Å². The van der Waals surface area contributed by atoms with Crippen LogP contribution in [0.15, 0.2) is 48.6 Å². The summed E-state index contributed by atoms with van der Waals surface area (Å²) in [5.41, 5.74) is 3.49. The third-order valence-corrected chi connectivity index (χ3v) is 5.52. The molecule has 124 valence electrons. The van der Waals surface area contributed by atoms with Crippen molar-refractivity contribution in [1.29, 1.82) is 0 Å². The number of hydrogen-bond donors (Lipinski definition) is 1. The number of para-hydroxylation sites is 1. The molecule has 2 aliphatic rings. The normalized spacial score (nSPS) is 24.2. The minimum absolute atomic E-state index is 0.142. The van der Waals surface area contributed by atoms with Gasteiger partial charge in [0.2, 0.25) is 0 Å². The third-order valence-electron chi connectivity index (χ3n) is 4.96. The van der Waals surface area contributed by atoms with Crippen molar-refractivity contribution in [2.24, 2.45) is 5.92 Å². The Morgan fingerprint density at radius 1 is 1.17 bits per heavy atom. The van der Waals surface area contributed by atoms with E-state index < -0.39 is 0 Å². The minimum atomic E-state index is 0.142. The average Bonchev–Trinajstić information content (AvgIpc) is 3.05. The van der Waals surface area contributed by atoms with Crippen LogP contribution in [0.5, 0.6) is 5.75 Å². The van der Waals surface area contributed by atoms with E-state index in [2.05, 4.69) is 29.6 Å². The summed E-state index contributed by atoms with van der Waals surface area (Å²) in [4.78, 5) is 0. The maximum absolute atomic E-state index is 6.51. The van der Waals surface area contributed by atoms with Crippen LogP contribution in [0.3, 0.4) is 0 Å². The van der Waals surface area contributed by atoms with Gasteiger partial charge in [0, 0.05) is 16.0 Å². The first-order chi connectivity index (χ1) is 11.7. The van der Waals surface area contributed by atoms with Crippen molar-refractivity contribution in [2.45, 2.75) is 25.3 Å². The Morgan fingerprint density at radius 2 is 2.04 bits per heavy atom. The Bertz CT molecular complexity index is 802. The second-order valence-electron chi connectivity index (χ2n) is 6.29. The number of allylic oxidation sites excluding steroid dienone is 2. The van der Waals surface area contributed by atoms with Gasteiger partial charge in [-0.15, -0.1) is 0 Å². The Balaban J connectivity index is 1.81. The maximum atomic E-state index is 6.51. The molecule has 2 nitrogen and oxygen atoms in total. The van der Waals surface area contributed by atoms with Gasteiger partial charge in [0.15, 0.2) is 0 Å². The number of fused-ring (bicyclic) bond motifs is 3. The molecule has 0 saturated carbocycles. The summed E-state index contributed by atoms with van der Waals surface area (Å²) < 4.78 is 5.85. The highest BCUT2D eigenvalue weighted by Crippen LogP contribution is 2.53. The van der Waals surface area contributed by atoms with Gasteiger partial charge in [-0.1, -0.05) is 53.6 Å². The van der Waals surface area contributed by atoms with Crippen LogP contribution in [0.4, 0.5) is 5.69 Å². The van der Waals surface area contributed by atoms with Crippen LogP contribution in [0.2, 0.25) is 10.0 Å². The Morgan fingerprint density at radius 3 is 2.83 bits per heavy atom. The second-order valence-corrected chi connectivity index (χ2v) is 7.14. The van der Waals surface area contributed by atoms with E-state index in [9.17, 15) is 0 Å². The molecule has 0 unspecified atom stereocenters. The fourth-order valence-electron chi connectivity index (χ4n) is 3.93. The van der Waals surface area contributed by atoms with E-state index in [1.54, 1.807) is 0 Å². The standard InChI is InChI=1S/C20H19Cl2NO/c1-2-24-18-8-4-7-15-13-5-3-6-14(13)19(23-20(15)18)16-10-9-12(21)11-17(16)22/h3-5,7-11,13-14,19,23H,2,6H2,1H3/t13-,14-,19-/m0/s1. The quantitative estimate of drug-likeness (QED) is 0.656. The summed E-state index contributed by atoms with van der Waals surface area (Å²) in [6, 6.07) is 12.2.